The van der Waals surface area contributed by atoms with Gasteiger partial charge in [-0.3, -0.25) is 4.79 Å². The van der Waals surface area contributed by atoms with Crippen molar-refractivity contribution in [3.8, 4) is 11.5 Å². The van der Waals surface area contributed by atoms with Crippen LogP contribution in [0.4, 0.5) is 0 Å². The van der Waals surface area contributed by atoms with Crippen LogP contribution in [0.2, 0.25) is 5.02 Å². The molecule has 3 rings (SSSR count). The minimum atomic E-state index is -0.266. The quantitative estimate of drug-likeness (QED) is 0.297. The predicted molar refractivity (Wildman–Crippen MR) is 127 cm³/mol. The molecule has 7 heteroatoms. The van der Waals surface area contributed by atoms with Crippen molar-refractivity contribution < 1.29 is 14.3 Å². The molecule has 5 nitrogen and oxygen atoms in total. The van der Waals surface area contributed by atoms with E-state index in [0.717, 1.165) is 16.7 Å². The molecule has 160 valence electrons. The van der Waals surface area contributed by atoms with E-state index >= 15 is 0 Å². The molecule has 0 aliphatic carbocycles. The van der Waals surface area contributed by atoms with Crippen LogP contribution < -0.4 is 14.9 Å². The van der Waals surface area contributed by atoms with Crippen molar-refractivity contribution in [1.29, 1.82) is 0 Å². The number of benzene rings is 3. The summed E-state index contributed by atoms with van der Waals surface area (Å²) in [6.07, 6.45) is 1.56. The van der Waals surface area contributed by atoms with Gasteiger partial charge in [0.05, 0.1) is 17.3 Å². The molecule has 0 spiro atoms. The van der Waals surface area contributed by atoms with Crippen molar-refractivity contribution in [1.82, 2.24) is 5.43 Å². The summed E-state index contributed by atoms with van der Waals surface area (Å²) in [5.74, 6) is 0.872. The van der Waals surface area contributed by atoms with Crippen LogP contribution in [-0.2, 0) is 6.61 Å². The van der Waals surface area contributed by atoms with Gasteiger partial charge < -0.3 is 9.47 Å². The Morgan fingerprint density at radius 2 is 1.87 bits per heavy atom. The molecule has 31 heavy (non-hydrogen) atoms. The van der Waals surface area contributed by atoms with E-state index in [0.29, 0.717) is 39.8 Å². The van der Waals surface area contributed by atoms with Gasteiger partial charge in [0.1, 0.15) is 6.61 Å². The highest BCUT2D eigenvalue weighted by molar-refractivity contribution is 9.10. The number of ether oxygens (including phenoxy) is 2. The smallest absolute Gasteiger partial charge is 0.271 e. The maximum atomic E-state index is 12.3. The van der Waals surface area contributed by atoms with Crippen LogP contribution in [0.5, 0.6) is 11.5 Å². The van der Waals surface area contributed by atoms with Gasteiger partial charge in [0.2, 0.25) is 0 Å². The molecule has 0 unspecified atom stereocenters. The van der Waals surface area contributed by atoms with Gasteiger partial charge in [-0.05, 0) is 65.2 Å². The molecule has 3 aromatic carbocycles. The lowest BCUT2D eigenvalue weighted by Gasteiger charge is -2.15. The lowest BCUT2D eigenvalue weighted by Crippen LogP contribution is -2.18. The fourth-order valence-electron chi connectivity index (χ4n) is 2.88. The van der Waals surface area contributed by atoms with Crippen LogP contribution in [-0.4, -0.2) is 18.7 Å². The first kappa shape index (κ1) is 22.8. The van der Waals surface area contributed by atoms with Gasteiger partial charge in [0.15, 0.2) is 11.5 Å². The molecule has 0 bridgehead atoms. The zero-order chi connectivity index (χ0) is 22.2. The fourth-order valence-corrected chi connectivity index (χ4v) is 3.65. The largest absolute Gasteiger partial charge is 0.490 e. The molecule has 0 atom stereocenters. The Balaban J connectivity index is 1.74. The van der Waals surface area contributed by atoms with E-state index in [1.54, 1.807) is 18.3 Å². The summed E-state index contributed by atoms with van der Waals surface area (Å²) in [4.78, 5) is 12.3. The van der Waals surface area contributed by atoms with Crippen molar-refractivity contribution in [2.75, 3.05) is 6.61 Å². The Labute approximate surface area is 195 Å². The highest BCUT2D eigenvalue weighted by Gasteiger charge is 2.13. The van der Waals surface area contributed by atoms with E-state index in [-0.39, 0.29) is 5.91 Å². The third-order valence-electron chi connectivity index (χ3n) is 4.43. The maximum absolute atomic E-state index is 12.3. The average molecular weight is 502 g/mol. The third-order valence-corrected chi connectivity index (χ3v) is 5.39. The second-order valence-corrected chi connectivity index (χ2v) is 7.92. The molecule has 0 aliphatic rings. The van der Waals surface area contributed by atoms with Gasteiger partial charge in [0.25, 0.3) is 5.91 Å². The Morgan fingerprint density at radius 3 is 2.61 bits per heavy atom. The number of aryl methyl sites for hydroxylation is 1. The second kappa shape index (κ2) is 11.0. The Bertz CT molecular complexity index is 1100. The summed E-state index contributed by atoms with van der Waals surface area (Å²) in [5.41, 5.74) is 5.64. The molecule has 0 aromatic heterocycles. The number of nitrogens with zero attached hydrogens (tertiary/aromatic N) is 1. The molecular formula is C24H22BrClN2O3. The van der Waals surface area contributed by atoms with Gasteiger partial charge >= 0.3 is 0 Å². The molecule has 1 amide bonds. The molecular weight excluding hydrogens is 480 g/mol. The normalized spacial score (nSPS) is 10.8. The zero-order valence-electron chi connectivity index (χ0n) is 17.2. The first-order valence-electron chi connectivity index (χ1n) is 9.71. The summed E-state index contributed by atoms with van der Waals surface area (Å²) in [6.45, 7) is 4.55. The number of nitrogens with one attached hydrogen (secondary N) is 1. The average Bonchev–Trinajstić information content (AvgIpc) is 2.75. The number of amides is 1. The highest BCUT2D eigenvalue weighted by Crippen LogP contribution is 2.37. The SMILES string of the molecule is CCOc1cc(/C=N/NC(=O)c2ccccc2C)cc(Br)c1OCc1ccccc1Cl. The molecule has 0 fully saturated rings. The van der Waals surface area contributed by atoms with Crippen molar-refractivity contribution >= 4 is 39.7 Å². The fraction of sp³-hybridized carbons (Fsp3) is 0.167. The van der Waals surface area contributed by atoms with E-state index in [9.17, 15) is 4.79 Å². The van der Waals surface area contributed by atoms with Crippen LogP contribution in [0.1, 0.15) is 34.0 Å². The van der Waals surface area contributed by atoms with Crippen LogP contribution in [0.3, 0.4) is 0 Å². The predicted octanol–water partition coefficient (Wildman–Crippen LogP) is 6.15. The molecule has 0 saturated heterocycles. The minimum absolute atomic E-state index is 0.266. The summed E-state index contributed by atoms with van der Waals surface area (Å²) in [6, 6.07) is 18.5. The van der Waals surface area contributed by atoms with Crippen LogP contribution in [0.25, 0.3) is 0 Å². The number of hydrogen-bond acceptors (Lipinski definition) is 4. The molecule has 1 N–H and O–H groups in total. The zero-order valence-corrected chi connectivity index (χ0v) is 19.5. The number of carbonyl (C=O) groups is 1. The Kier molecular flexibility index (Phi) is 8.09. The van der Waals surface area contributed by atoms with Crippen molar-refractivity contribution in [3.05, 3.63) is 92.4 Å². The summed E-state index contributed by atoms with van der Waals surface area (Å²) in [5, 5.41) is 4.72. The number of rotatable bonds is 8. The summed E-state index contributed by atoms with van der Waals surface area (Å²) < 4.78 is 12.4. The lowest BCUT2D eigenvalue weighted by molar-refractivity contribution is 0.0954. The van der Waals surface area contributed by atoms with E-state index in [1.807, 2.05) is 62.4 Å². The monoisotopic (exact) mass is 500 g/mol. The minimum Gasteiger partial charge on any atom is -0.490 e. The van der Waals surface area contributed by atoms with Gasteiger partial charge in [-0.15, -0.1) is 0 Å². The lowest BCUT2D eigenvalue weighted by atomic mass is 10.1. The Hall–Kier alpha value is -2.83. The van der Waals surface area contributed by atoms with E-state index in [4.69, 9.17) is 21.1 Å². The van der Waals surface area contributed by atoms with Crippen molar-refractivity contribution in [3.63, 3.8) is 0 Å². The van der Waals surface area contributed by atoms with Gasteiger partial charge in [-0.25, -0.2) is 5.43 Å². The van der Waals surface area contributed by atoms with Crippen molar-refractivity contribution in [2.24, 2.45) is 5.10 Å². The molecule has 0 heterocycles. The van der Waals surface area contributed by atoms with Gasteiger partial charge in [-0.1, -0.05) is 48.0 Å². The second-order valence-electron chi connectivity index (χ2n) is 6.66. The number of halogens is 2. The van der Waals surface area contributed by atoms with Gasteiger partial charge in [0, 0.05) is 16.1 Å². The highest BCUT2D eigenvalue weighted by atomic mass is 79.9. The molecule has 0 aliphatic heterocycles. The van der Waals surface area contributed by atoms with Gasteiger partial charge in [-0.2, -0.15) is 5.10 Å². The number of hydrogen-bond donors (Lipinski definition) is 1. The van der Waals surface area contributed by atoms with Crippen LogP contribution in [0, 0.1) is 6.92 Å². The molecule has 0 radical (unpaired) electrons. The van der Waals surface area contributed by atoms with Crippen LogP contribution >= 0.6 is 27.5 Å². The van der Waals surface area contributed by atoms with E-state index in [2.05, 4.69) is 26.5 Å². The summed E-state index contributed by atoms with van der Waals surface area (Å²) in [7, 11) is 0. The Morgan fingerprint density at radius 1 is 1.13 bits per heavy atom. The molecule has 0 saturated carbocycles. The third kappa shape index (κ3) is 6.09. The van der Waals surface area contributed by atoms with Crippen molar-refractivity contribution in [2.45, 2.75) is 20.5 Å². The number of carbonyl (C=O) groups excluding carboxylic acids is 1. The van der Waals surface area contributed by atoms with E-state index < -0.39 is 0 Å². The first-order valence-corrected chi connectivity index (χ1v) is 10.9. The first-order chi connectivity index (χ1) is 15.0. The summed E-state index contributed by atoms with van der Waals surface area (Å²) >= 11 is 9.76. The number of hydrazone groups is 1. The molecule has 3 aromatic rings. The van der Waals surface area contributed by atoms with E-state index in [1.165, 1.54) is 0 Å². The standard InChI is InChI=1S/C24H22BrClN2O3/c1-3-30-22-13-17(14-27-28-24(29)19-10-6-4-8-16(19)2)12-20(25)23(22)31-15-18-9-5-7-11-21(18)26/h4-14H,3,15H2,1-2H3,(H,28,29)/b27-14+. The topological polar surface area (TPSA) is 59.9 Å². The van der Waals surface area contributed by atoms with Crippen LogP contribution in [0.15, 0.2) is 70.2 Å². The maximum Gasteiger partial charge on any atom is 0.271 e.